The van der Waals surface area contributed by atoms with Crippen molar-refractivity contribution in [2.24, 2.45) is 0 Å². The number of amides is 1. The summed E-state index contributed by atoms with van der Waals surface area (Å²) in [6.07, 6.45) is 2.02. The maximum atomic E-state index is 15.4. The Morgan fingerprint density at radius 2 is 1.52 bits per heavy atom. The van der Waals surface area contributed by atoms with Crippen molar-refractivity contribution >= 4 is 17.5 Å². The summed E-state index contributed by atoms with van der Waals surface area (Å²) in [6, 6.07) is 27.1. The fourth-order valence-electron chi connectivity index (χ4n) is 6.62. The van der Waals surface area contributed by atoms with E-state index in [1.807, 2.05) is 67.6 Å². The second-order valence-corrected chi connectivity index (χ2v) is 11.6. The number of carbonyl (C=O) groups excluding carboxylic acids is 1. The first-order chi connectivity index (χ1) is 20.8. The minimum absolute atomic E-state index is 0. The zero-order chi connectivity index (χ0) is 30.1. The molecule has 8 heteroatoms. The molecule has 0 N–H and O–H groups in total. The van der Waals surface area contributed by atoms with E-state index in [9.17, 15) is 13.6 Å². The van der Waals surface area contributed by atoms with Crippen LogP contribution in [0.3, 0.4) is 0 Å². The maximum absolute atomic E-state index is 15.4. The topological polar surface area (TPSA) is 32.8 Å². The Hall–Kier alpha value is -3.81. The van der Waals surface area contributed by atoms with Crippen molar-refractivity contribution in [2.75, 3.05) is 6.54 Å². The molecule has 0 aromatic heterocycles. The highest BCUT2D eigenvalue weighted by molar-refractivity contribution is 6.31. The summed E-state index contributed by atoms with van der Waals surface area (Å²) in [5, 5.41) is 0.620. The van der Waals surface area contributed by atoms with E-state index in [1.54, 1.807) is 4.90 Å². The minimum Gasteiger partial charge on any atom is -0.432 e. The van der Waals surface area contributed by atoms with Gasteiger partial charge in [-0.05, 0) is 66.1 Å². The van der Waals surface area contributed by atoms with E-state index in [4.69, 9.17) is 11.6 Å². The van der Waals surface area contributed by atoms with Crippen LogP contribution in [0.4, 0.5) is 13.2 Å². The summed E-state index contributed by atoms with van der Waals surface area (Å²) in [4.78, 5) is 18.5. The summed E-state index contributed by atoms with van der Waals surface area (Å²) in [6.45, 7) is -0.711. The summed E-state index contributed by atoms with van der Waals surface area (Å²) in [5.41, 5.74) is 5.65. The number of hydrogen-bond donors (Lipinski definition) is 0. The quantitative estimate of drug-likeness (QED) is 0.199. The van der Waals surface area contributed by atoms with Crippen LogP contribution in [-0.4, -0.2) is 40.9 Å². The molecular formula is C36H36ClF3N2O2. The molecule has 4 aromatic carbocycles. The van der Waals surface area contributed by atoms with Crippen molar-refractivity contribution in [3.63, 3.8) is 0 Å². The first-order valence-electron chi connectivity index (χ1n) is 14.5. The largest absolute Gasteiger partial charge is 0.432 e. The number of nitrogens with zero attached hydrogens (tertiary/aromatic N) is 2. The van der Waals surface area contributed by atoms with E-state index in [-0.39, 0.29) is 37.5 Å². The van der Waals surface area contributed by atoms with Gasteiger partial charge in [-0.3, -0.25) is 9.69 Å². The number of carbonyl (C=O) groups is 1. The smallest absolute Gasteiger partial charge is 0.387 e. The second-order valence-electron chi connectivity index (χ2n) is 11.2. The molecule has 1 aliphatic carbocycles. The summed E-state index contributed by atoms with van der Waals surface area (Å²) < 4.78 is 45.8. The number of ether oxygens (including phenoxy) is 1. The highest BCUT2D eigenvalue weighted by Gasteiger charge is 2.39. The Kier molecular flexibility index (Phi) is 9.66. The zero-order valence-electron chi connectivity index (χ0n) is 23.7. The van der Waals surface area contributed by atoms with Crippen molar-refractivity contribution in [2.45, 2.75) is 64.9 Å². The van der Waals surface area contributed by atoms with Crippen LogP contribution < -0.4 is 4.74 Å². The van der Waals surface area contributed by atoms with E-state index in [1.165, 1.54) is 23.8 Å². The molecule has 2 aliphatic rings. The molecule has 44 heavy (non-hydrogen) atoms. The standard InChI is InChI=1S/C35H32ClF3N2O2.CH4/c1-22(40-18-17-23-9-4-5-13-28(23)33(40)29-14-6-7-15-30(29)36)34(42)41(27-19-24-10-2-3-11-25(24)20-27)21-26-12-8-16-31(32(26)37)43-35(38)39;/h2-16,22,27,33,35H,17-21H2,1H3;1H4/t22-,33+;/m0./s1. The number of fused-ring (bicyclic) bond motifs is 2. The van der Waals surface area contributed by atoms with Gasteiger partial charge in [0.15, 0.2) is 11.6 Å². The van der Waals surface area contributed by atoms with Crippen molar-refractivity contribution < 1.29 is 22.7 Å². The third-order valence-corrected chi connectivity index (χ3v) is 9.07. The molecule has 230 valence electrons. The summed E-state index contributed by atoms with van der Waals surface area (Å²) in [5.74, 6) is -1.58. The van der Waals surface area contributed by atoms with E-state index < -0.39 is 24.2 Å². The van der Waals surface area contributed by atoms with E-state index >= 15 is 4.39 Å². The van der Waals surface area contributed by atoms with Gasteiger partial charge in [0, 0.05) is 29.7 Å². The van der Waals surface area contributed by atoms with Crippen LogP contribution in [0.25, 0.3) is 0 Å². The number of hydrogen-bond acceptors (Lipinski definition) is 3. The highest BCUT2D eigenvalue weighted by Crippen LogP contribution is 2.40. The summed E-state index contributed by atoms with van der Waals surface area (Å²) in [7, 11) is 0. The molecule has 1 amide bonds. The second kappa shape index (κ2) is 13.4. The van der Waals surface area contributed by atoms with E-state index in [0.29, 0.717) is 24.4 Å². The van der Waals surface area contributed by atoms with Crippen molar-refractivity contribution in [3.8, 4) is 5.75 Å². The molecule has 4 aromatic rings. The first kappa shape index (κ1) is 31.6. The van der Waals surface area contributed by atoms with Gasteiger partial charge < -0.3 is 9.64 Å². The van der Waals surface area contributed by atoms with Crippen molar-refractivity contribution in [1.82, 2.24) is 9.80 Å². The molecule has 1 heterocycles. The fourth-order valence-corrected chi connectivity index (χ4v) is 6.86. The lowest BCUT2D eigenvalue weighted by molar-refractivity contribution is -0.140. The van der Waals surface area contributed by atoms with Gasteiger partial charge in [0.2, 0.25) is 5.91 Å². The molecule has 1 aliphatic heterocycles. The van der Waals surface area contributed by atoms with Gasteiger partial charge in [0.1, 0.15) is 0 Å². The van der Waals surface area contributed by atoms with E-state index in [2.05, 4.69) is 21.8 Å². The predicted molar refractivity (Wildman–Crippen MR) is 168 cm³/mol. The van der Waals surface area contributed by atoms with Gasteiger partial charge in [-0.2, -0.15) is 8.78 Å². The number of alkyl halides is 2. The molecule has 0 radical (unpaired) electrons. The Labute approximate surface area is 262 Å². The zero-order valence-corrected chi connectivity index (χ0v) is 24.5. The average Bonchev–Trinajstić information content (AvgIpc) is 3.44. The van der Waals surface area contributed by atoms with Gasteiger partial charge >= 0.3 is 6.61 Å². The average molecular weight is 621 g/mol. The normalized spacial score (nSPS) is 17.0. The number of halogens is 4. The Balaban J connectivity index is 0.00000384. The van der Waals surface area contributed by atoms with Gasteiger partial charge in [-0.15, -0.1) is 0 Å². The first-order valence-corrected chi connectivity index (χ1v) is 14.9. The predicted octanol–water partition coefficient (Wildman–Crippen LogP) is 8.25. The molecule has 0 bridgehead atoms. The maximum Gasteiger partial charge on any atom is 0.387 e. The van der Waals surface area contributed by atoms with Crippen LogP contribution >= 0.6 is 11.6 Å². The SMILES string of the molecule is C.C[C@@H](C(=O)N(Cc1cccc(OC(F)F)c1F)C1Cc2ccccc2C1)N1CCc2ccccc2[C@@H]1c1ccccc1Cl. The molecule has 2 atom stereocenters. The molecule has 0 unspecified atom stereocenters. The monoisotopic (exact) mass is 620 g/mol. The Morgan fingerprint density at radius 3 is 2.18 bits per heavy atom. The highest BCUT2D eigenvalue weighted by atomic mass is 35.5. The minimum atomic E-state index is -3.16. The van der Waals surface area contributed by atoms with Gasteiger partial charge in [-0.1, -0.05) is 97.9 Å². The fraction of sp³-hybridized carbons (Fsp3) is 0.306. The Morgan fingerprint density at radius 1 is 0.909 bits per heavy atom. The Bertz CT molecular complexity index is 1610. The molecule has 0 spiro atoms. The van der Waals surface area contributed by atoms with Crippen LogP contribution in [-0.2, 0) is 30.6 Å². The van der Waals surface area contributed by atoms with Crippen LogP contribution in [0.5, 0.6) is 5.75 Å². The van der Waals surface area contributed by atoms with Crippen LogP contribution in [0, 0.1) is 5.82 Å². The lowest BCUT2D eigenvalue weighted by atomic mass is 9.87. The molecule has 0 saturated heterocycles. The van der Waals surface area contributed by atoms with Crippen LogP contribution in [0.15, 0.2) is 91.0 Å². The molecule has 0 saturated carbocycles. The molecule has 6 rings (SSSR count). The van der Waals surface area contributed by atoms with Crippen molar-refractivity contribution in [1.29, 1.82) is 0 Å². The molecule has 0 fully saturated rings. The lowest BCUT2D eigenvalue weighted by Crippen LogP contribution is -2.53. The van der Waals surface area contributed by atoms with Gasteiger partial charge in [-0.25, -0.2) is 4.39 Å². The van der Waals surface area contributed by atoms with Crippen LogP contribution in [0.1, 0.15) is 53.8 Å². The van der Waals surface area contributed by atoms with Crippen LogP contribution in [0.2, 0.25) is 5.02 Å². The van der Waals surface area contributed by atoms with Gasteiger partial charge in [0.05, 0.1) is 12.1 Å². The summed E-state index contributed by atoms with van der Waals surface area (Å²) >= 11 is 6.74. The van der Waals surface area contributed by atoms with E-state index in [0.717, 1.165) is 28.7 Å². The third kappa shape index (κ3) is 6.21. The number of benzene rings is 4. The number of rotatable bonds is 8. The molecule has 4 nitrogen and oxygen atoms in total. The van der Waals surface area contributed by atoms with Crippen molar-refractivity contribution in [3.05, 3.63) is 135 Å². The van der Waals surface area contributed by atoms with Gasteiger partial charge in [0.25, 0.3) is 0 Å². The molecular weight excluding hydrogens is 585 g/mol. The third-order valence-electron chi connectivity index (χ3n) is 8.73. The lowest BCUT2D eigenvalue weighted by Gasteiger charge is -2.43.